The largest absolute Gasteiger partial charge is 0.432 e. The molecule has 2 N–H and O–H groups in total. The molecule has 3 aliphatic heterocycles. The van der Waals surface area contributed by atoms with Crippen molar-refractivity contribution in [1.29, 1.82) is 0 Å². The molecule has 0 saturated carbocycles. The zero-order valence-corrected chi connectivity index (χ0v) is 17.2. The minimum atomic E-state index is 0.228. The van der Waals surface area contributed by atoms with E-state index < -0.39 is 0 Å². The highest BCUT2D eigenvalue weighted by atomic mass is 16.3. The predicted molar refractivity (Wildman–Crippen MR) is 117 cm³/mol. The van der Waals surface area contributed by atoms with Crippen molar-refractivity contribution in [2.75, 3.05) is 25.4 Å². The summed E-state index contributed by atoms with van der Waals surface area (Å²) in [7, 11) is 0. The first kappa shape index (κ1) is 18.8. The quantitative estimate of drug-likeness (QED) is 0.545. The van der Waals surface area contributed by atoms with Crippen molar-refractivity contribution in [3.8, 4) is 22.6 Å². The van der Waals surface area contributed by atoms with Crippen LogP contribution >= 0.6 is 0 Å². The molecule has 30 heavy (non-hydrogen) atoms. The lowest BCUT2D eigenvalue weighted by molar-refractivity contribution is 0.111. The van der Waals surface area contributed by atoms with E-state index in [0.717, 1.165) is 28.4 Å². The first-order valence-electron chi connectivity index (χ1n) is 10.5. The van der Waals surface area contributed by atoms with Crippen LogP contribution in [-0.4, -0.2) is 43.9 Å². The van der Waals surface area contributed by atoms with E-state index in [1.807, 2.05) is 34.9 Å². The number of aromatic nitrogens is 4. The number of nitrogen functional groups attached to an aromatic ring is 1. The third-order valence-electron chi connectivity index (χ3n) is 6.14. The fourth-order valence-electron chi connectivity index (χ4n) is 4.43. The Balaban J connectivity index is 0.000000200. The number of oxazole rings is 1. The van der Waals surface area contributed by atoms with Gasteiger partial charge in [0.15, 0.2) is 0 Å². The Morgan fingerprint density at radius 2 is 1.80 bits per heavy atom. The molecule has 2 bridgehead atoms. The van der Waals surface area contributed by atoms with Crippen LogP contribution in [0.3, 0.4) is 0 Å². The van der Waals surface area contributed by atoms with Crippen LogP contribution < -0.4 is 5.73 Å². The van der Waals surface area contributed by atoms with Crippen LogP contribution in [-0.2, 0) is 0 Å². The van der Waals surface area contributed by atoms with E-state index in [9.17, 15) is 0 Å². The monoisotopic (exact) mass is 402 g/mol. The second kappa shape index (κ2) is 7.91. The fourth-order valence-corrected chi connectivity index (χ4v) is 4.43. The molecule has 6 heterocycles. The zero-order chi connectivity index (χ0) is 20.5. The van der Waals surface area contributed by atoms with Crippen LogP contribution in [0.5, 0.6) is 0 Å². The van der Waals surface area contributed by atoms with Crippen LogP contribution in [0.2, 0.25) is 0 Å². The third-order valence-corrected chi connectivity index (χ3v) is 6.14. The van der Waals surface area contributed by atoms with Crippen LogP contribution in [0, 0.1) is 12.8 Å². The summed E-state index contributed by atoms with van der Waals surface area (Å²) in [4.78, 5) is 15.5. The summed E-state index contributed by atoms with van der Waals surface area (Å²) in [5.74, 6) is 1.86. The average Bonchev–Trinajstić information content (AvgIpc) is 3.37. The summed E-state index contributed by atoms with van der Waals surface area (Å²) >= 11 is 0. The van der Waals surface area contributed by atoms with E-state index >= 15 is 0 Å². The first-order chi connectivity index (χ1) is 14.7. The highest BCUT2D eigenvalue weighted by molar-refractivity contribution is 5.81. The van der Waals surface area contributed by atoms with Gasteiger partial charge < -0.3 is 15.1 Å². The fraction of sp³-hybridized carbons (Fsp3) is 0.348. The minimum Gasteiger partial charge on any atom is -0.432 e. The molecule has 0 radical (unpaired) electrons. The molecule has 0 aliphatic carbocycles. The van der Waals surface area contributed by atoms with Gasteiger partial charge >= 0.3 is 5.84 Å². The SMILES string of the molecule is C1CN2CCC1CC2.Cc1ccccc1-c1nc2occn2c1-c1ccnc(N)n1. The molecule has 4 aromatic rings. The lowest BCUT2D eigenvalue weighted by Gasteiger charge is -2.38. The summed E-state index contributed by atoms with van der Waals surface area (Å²) < 4.78 is 7.29. The van der Waals surface area contributed by atoms with Gasteiger partial charge in [-0.25, -0.2) is 9.97 Å². The summed E-state index contributed by atoms with van der Waals surface area (Å²) in [6, 6.07) is 9.89. The Bertz CT molecular complexity index is 1130. The Labute approximate surface area is 175 Å². The van der Waals surface area contributed by atoms with Crippen molar-refractivity contribution in [2.45, 2.75) is 26.2 Å². The number of benzene rings is 1. The van der Waals surface area contributed by atoms with Gasteiger partial charge in [-0.1, -0.05) is 24.3 Å². The summed E-state index contributed by atoms with van der Waals surface area (Å²) in [6.45, 7) is 6.23. The number of nitrogens with two attached hydrogens (primary N) is 1. The van der Waals surface area contributed by atoms with Crippen LogP contribution in [0.4, 0.5) is 5.95 Å². The highest BCUT2D eigenvalue weighted by Crippen LogP contribution is 2.33. The molecule has 3 aromatic heterocycles. The van der Waals surface area contributed by atoms with Crippen molar-refractivity contribution >= 4 is 11.8 Å². The molecule has 7 nitrogen and oxygen atoms in total. The number of piperidine rings is 3. The Morgan fingerprint density at radius 1 is 1.03 bits per heavy atom. The standard InChI is InChI=1S/C16H13N5O.C7H13N/c1-10-4-2-3-5-11(10)13-14(12-6-7-18-15(17)19-12)21-8-9-22-16(21)20-13;1-4-8-5-2-7(1)3-6-8/h2-9H,1H3,(H2,17,18,19);7H,1-6H2. The Kier molecular flexibility index (Phi) is 4.96. The topological polar surface area (TPSA) is 85.5 Å². The minimum absolute atomic E-state index is 0.228. The first-order valence-corrected chi connectivity index (χ1v) is 10.5. The summed E-state index contributed by atoms with van der Waals surface area (Å²) in [5, 5.41) is 0. The lowest BCUT2D eigenvalue weighted by atomic mass is 9.89. The van der Waals surface area contributed by atoms with Crippen molar-refractivity contribution in [1.82, 2.24) is 24.3 Å². The smallest absolute Gasteiger partial charge is 0.306 e. The normalized spacial score (nSPS) is 20.2. The molecule has 7 rings (SSSR count). The number of imidazole rings is 1. The summed E-state index contributed by atoms with van der Waals surface area (Å²) in [6.07, 6.45) is 9.51. The predicted octanol–water partition coefficient (Wildman–Crippen LogP) is 4.04. The van der Waals surface area contributed by atoms with Gasteiger partial charge in [-0.3, -0.25) is 4.40 Å². The van der Waals surface area contributed by atoms with Gasteiger partial charge in [-0.2, -0.15) is 4.98 Å². The molecule has 1 aromatic carbocycles. The van der Waals surface area contributed by atoms with Crippen LogP contribution in [0.15, 0.2) is 53.4 Å². The Morgan fingerprint density at radius 3 is 2.43 bits per heavy atom. The molecule has 7 heteroatoms. The van der Waals surface area contributed by atoms with E-state index in [1.165, 1.54) is 38.9 Å². The number of fused-ring (bicyclic) bond motifs is 4. The molecule has 3 aliphatic rings. The van der Waals surface area contributed by atoms with Crippen molar-refractivity contribution in [3.05, 3.63) is 54.6 Å². The molecule has 0 atom stereocenters. The van der Waals surface area contributed by atoms with Crippen LogP contribution in [0.25, 0.3) is 28.5 Å². The third kappa shape index (κ3) is 3.57. The van der Waals surface area contributed by atoms with Crippen molar-refractivity contribution < 1.29 is 4.42 Å². The number of rotatable bonds is 2. The van der Waals surface area contributed by atoms with E-state index in [1.54, 1.807) is 12.5 Å². The molecule has 0 spiro atoms. The number of hydrogen-bond acceptors (Lipinski definition) is 6. The number of aryl methyl sites for hydroxylation is 1. The maximum atomic E-state index is 5.73. The second-order valence-corrected chi connectivity index (χ2v) is 8.05. The molecule has 0 amide bonds. The van der Waals surface area contributed by atoms with Gasteiger partial charge in [0.1, 0.15) is 17.7 Å². The molecular formula is C23H26N6O. The molecule has 3 saturated heterocycles. The Hall–Kier alpha value is -3.19. The van der Waals surface area contributed by atoms with E-state index in [0.29, 0.717) is 11.5 Å². The van der Waals surface area contributed by atoms with Gasteiger partial charge in [-0.05, 0) is 63.4 Å². The van der Waals surface area contributed by atoms with Crippen LogP contribution in [0.1, 0.15) is 24.8 Å². The summed E-state index contributed by atoms with van der Waals surface area (Å²) in [5.41, 5.74) is 10.3. The maximum absolute atomic E-state index is 5.73. The average molecular weight is 403 g/mol. The number of hydrogen-bond donors (Lipinski definition) is 1. The van der Waals surface area contributed by atoms with Gasteiger partial charge in [-0.15, -0.1) is 0 Å². The zero-order valence-electron chi connectivity index (χ0n) is 17.2. The van der Waals surface area contributed by atoms with Crippen molar-refractivity contribution in [2.24, 2.45) is 5.92 Å². The highest BCUT2D eigenvalue weighted by Gasteiger charge is 2.24. The van der Waals surface area contributed by atoms with E-state index in [-0.39, 0.29) is 5.95 Å². The molecule has 0 unspecified atom stereocenters. The maximum Gasteiger partial charge on any atom is 0.306 e. The lowest BCUT2D eigenvalue weighted by Crippen LogP contribution is -2.41. The van der Waals surface area contributed by atoms with Gasteiger partial charge in [0.2, 0.25) is 5.95 Å². The van der Waals surface area contributed by atoms with Gasteiger partial charge in [0.05, 0.1) is 5.69 Å². The molecule has 154 valence electrons. The molecule has 3 fully saturated rings. The second-order valence-electron chi connectivity index (χ2n) is 8.05. The van der Waals surface area contributed by atoms with Gasteiger partial charge in [0.25, 0.3) is 0 Å². The number of anilines is 1. The number of nitrogens with zero attached hydrogens (tertiary/aromatic N) is 5. The van der Waals surface area contributed by atoms with E-state index in [2.05, 4.69) is 32.8 Å². The van der Waals surface area contributed by atoms with E-state index in [4.69, 9.17) is 10.2 Å². The molecular weight excluding hydrogens is 376 g/mol. The van der Waals surface area contributed by atoms with Crippen molar-refractivity contribution in [3.63, 3.8) is 0 Å². The van der Waals surface area contributed by atoms with Gasteiger partial charge in [0, 0.05) is 18.0 Å².